The Bertz CT molecular complexity index is 1070. The number of aromatic nitrogens is 4. The number of rotatable bonds is 8. The molecule has 0 atom stereocenters. The summed E-state index contributed by atoms with van der Waals surface area (Å²) in [5, 5.41) is 27.1. The molecule has 8 nitrogen and oxygen atoms in total. The number of para-hydroxylation sites is 1. The maximum atomic E-state index is 10.2. The Kier molecular flexibility index (Phi) is 6.71. The summed E-state index contributed by atoms with van der Waals surface area (Å²) in [5.74, 6) is 1.13. The SMILES string of the molecule is CC(C)(O)CCNc1nc(NCc2cccc(Cl)c2O)c2ncn(C3CCCCC3)c2n1. The Morgan fingerprint density at radius 1 is 1.16 bits per heavy atom. The topological polar surface area (TPSA) is 108 Å². The van der Waals surface area contributed by atoms with Crippen LogP contribution in [0.5, 0.6) is 5.75 Å². The first-order valence-electron chi connectivity index (χ1n) is 11.2. The highest BCUT2D eigenvalue weighted by Crippen LogP contribution is 2.33. The number of anilines is 2. The summed E-state index contributed by atoms with van der Waals surface area (Å²) in [7, 11) is 0. The number of fused-ring (bicyclic) bond motifs is 1. The Balaban J connectivity index is 1.64. The molecule has 0 bridgehead atoms. The summed E-state index contributed by atoms with van der Waals surface area (Å²) in [6.45, 7) is 4.45. The fourth-order valence-corrected chi connectivity index (χ4v) is 4.30. The molecule has 172 valence electrons. The molecule has 9 heteroatoms. The van der Waals surface area contributed by atoms with Crippen LogP contribution < -0.4 is 10.6 Å². The van der Waals surface area contributed by atoms with Crippen molar-refractivity contribution in [2.75, 3.05) is 17.2 Å². The highest BCUT2D eigenvalue weighted by Gasteiger charge is 2.21. The number of imidazole rings is 1. The summed E-state index contributed by atoms with van der Waals surface area (Å²) in [6, 6.07) is 5.66. The van der Waals surface area contributed by atoms with E-state index in [4.69, 9.17) is 16.6 Å². The number of hydrogen-bond donors (Lipinski definition) is 4. The van der Waals surface area contributed by atoms with Crippen molar-refractivity contribution in [3.8, 4) is 5.75 Å². The van der Waals surface area contributed by atoms with E-state index in [1.807, 2.05) is 12.4 Å². The van der Waals surface area contributed by atoms with Gasteiger partial charge < -0.3 is 25.4 Å². The van der Waals surface area contributed by atoms with E-state index in [2.05, 4.69) is 25.2 Å². The number of benzene rings is 1. The predicted molar refractivity (Wildman–Crippen MR) is 127 cm³/mol. The van der Waals surface area contributed by atoms with E-state index >= 15 is 0 Å². The third-order valence-electron chi connectivity index (χ3n) is 5.93. The van der Waals surface area contributed by atoms with Gasteiger partial charge in [0.2, 0.25) is 5.95 Å². The van der Waals surface area contributed by atoms with Gasteiger partial charge in [0, 0.05) is 24.7 Å². The lowest BCUT2D eigenvalue weighted by molar-refractivity contribution is 0.0748. The summed E-state index contributed by atoms with van der Waals surface area (Å²) in [6.07, 6.45) is 8.37. The number of phenolic OH excluding ortho intramolecular Hbond substituents is 1. The predicted octanol–water partition coefficient (Wildman–Crippen LogP) is 4.88. The Morgan fingerprint density at radius 3 is 2.69 bits per heavy atom. The van der Waals surface area contributed by atoms with Gasteiger partial charge in [0.1, 0.15) is 5.75 Å². The van der Waals surface area contributed by atoms with Crippen molar-refractivity contribution in [3.63, 3.8) is 0 Å². The second kappa shape index (κ2) is 9.50. The minimum Gasteiger partial charge on any atom is -0.506 e. The van der Waals surface area contributed by atoms with Gasteiger partial charge in [0.05, 0.1) is 17.0 Å². The van der Waals surface area contributed by atoms with Gasteiger partial charge in [-0.1, -0.05) is 43.0 Å². The van der Waals surface area contributed by atoms with Gasteiger partial charge in [-0.15, -0.1) is 0 Å². The maximum Gasteiger partial charge on any atom is 0.226 e. The lowest BCUT2D eigenvalue weighted by Gasteiger charge is -2.23. The molecule has 4 rings (SSSR count). The molecule has 1 saturated carbocycles. The molecule has 1 aliphatic carbocycles. The zero-order valence-electron chi connectivity index (χ0n) is 18.6. The zero-order chi connectivity index (χ0) is 22.7. The van der Waals surface area contributed by atoms with Gasteiger partial charge in [-0.25, -0.2) is 4.98 Å². The average Bonchev–Trinajstić information content (AvgIpc) is 3.18. The number of nitrogens with zero attached hydrogens (tertiary/aromatic N) is 4. The highest BCUT2D eigenvalue weighted by atomic mass is 35.5. The van der Waals surface area contributed by atoms with Crippen molar-refractivity contribution in [3.05, 3.63) is 35.1 Å². The van der Waals surface area contributed by atoms with Crippen molar-refractivity contribution < 1.29 is 10.2 Å². The number of halogens is 1. The summed E-state index contributed by atoms with van der Waals surface area (Å²) < 4.78 is 2.17. The lowest BCUT2D eigenvalue weighted by atomic mass is 9.95. The van der Waals surface area contributed by atoms with Crippen molar-refractivity contribution >= 4 is 34.5 Å². The molecular formula is C23H31ClN6O2. The van der Waals surface area contributed by atoms with Crippen LogP contribution in [0.15, 0.2) is 24.5 Å². The van der Waals surface area contributed by atoms with E-state index < -0.39 is 5.60 Å². The number of nitrogens with one attached hydrogen (secondary N) is 2. The Hall–Kier alpha value is -2.58. The number of aromatic hydroxyl groups is 1. The monoisotopic (exact) mass is 458 g/mol. The van der Waals surface area contributed by atoms with Crippen LogP contribution in [0.1, 0.15) is 64.0 Å². The van der Waals surface area contributed by atoms with E-state index in [1.54, 1.807) is 26.0 Å². The third-order valence-corrected chi connectivity index (χ3v) is 6.23. The number of aliphatic hydroxyl groups is 1. The van der Waals surface area contributed by atoms with Crippen LogP contribution in [0.25, 0.3) is 11.2 Å². The first-order chi connectivity index (χ1) is 15.3. The standard InChI is InChI=1S/C23H31ClN6O2/c1-23(2,32)11-12-25-22-28-20(26-13-15-7-6-10-17(24)19(15)31)18-21(29-22)30(14-27-18)16-8-4-3-5-9-16/h6-7,10,14,16,31-32H,3-5,8-9,11-13H2,1-2H3,(H2,25,26,28,29). The van der Waals surface area contributed by atoms with Crippen molar-refractivity contribution in [1.82, 2.24) is 19.5 Å². The summed E-state index contributed by atoms with van der Waals surface area (Å²) >= 11 is 6.05. The van der Waals surface area contributed by atoms with Crippen LogP contribution in [-0.4, -0.2) is 41.9 Å². The van der Waals surface area contributed by atoms with E-state index in [0.717, 1.165) is 18.5 Å². The van der Waals surface area contributed by atoms with E-state index in [-0.39, 0.29) is 5.75 Å². The lowest BCUT2D eigenvalue weighted by Crippen LogP contribution is -2.23. The fraction of sp³-hybridized carbons (Fsp3) is 0.522. The van der Waals surface area contributed by atoms with Gasteiger partial charge in [-0.3, -0.25) is 0 Å². The van der Waals surface area contributed by atoms with Crippen molar-refractivity contribution in [2.24, 2.45) is 0 Å². The van der Waals surface area contributed by atoms with E-state index in [1.165, 1.54) is 19.3 Å². The quantitative estimate of drug-likeness (QED) is 0.381. The molecule has 0 spiro atoms. The second-order valence-electron chi connectivity index (χ2n) is 9.10. The molecule has 0 unspecified atom stereocenters. The largest absolute Gasteiger partial charge is 0.506 e. The van der Waals surface area contributed by atoms with Gasteiger partial charge in [0.25, 0.3) is 0 Å². The molecule has 3 aromatic rings. The third kappa shape index (κ3) is 5.24. The van der Waals surface area contributed by atoms with Gasteiger partial charge >= 0.3 is 0 Å². The minimum absolute atomic E-state index is 0.0585. The maximum absolute atomic E-state index is 10.2. The number of phenols is 1. The molecule has 1 aromatic carbocycles. The molecule has 4 N–H and O–H groups in total. The van der Waals surface area contributed by atoms with Crippen LogP contribution in [0, 0.1) is 0 Å². The van der Waals surface area contributed by atoms with Crippen LogP contribution in [0.2, 0.25) is 5.02 Å². The molecule has 2 heterocycles. The smallest absolute Gasteiger partial charge is 0.226 e. The van der Waals surface area contributed by atoms with E-state index in [9.17, 15) is 10.2 Å². The van der Waals surface area contributed by atoms with Crippen molar-refractivity contribution in [2.45, 2.75) is 70.6 Å². The molecule has 1 fully saturated rings. The first kappa shape index (κ1) is 22.6. The van der Waals surface area contributed by atoms with Crippen molar-refractivity contribution in [1.29, 1.82) is 0 Å². The molecular weight excluding hydrogens is 428 g/mol. The first-order valence-corrected chi connectivity index (χ1v) is 11.6. The molecule has 0 radical (unpaired) electrons. The van der Waals surface area contributed by atoms with Crippen LogP contribution in [0.4, 0.5) is 11.8 Å². The summed E-state index contributed by atoms with van der Waals surface area (Å²) in [4.78, 5) is 14.0. The summed E-state index contributed by atoms with van der Waals surface area (Å²) in [5.41, 5.74) is 1.39. The van der Waals surface area contributed by atoms with Crippen LogP contribution >= 0.6 is 11.6 Å². The minimum atomic E-state index is -0.772. The van der Waals surface area contributed by atoms with Gasteiger partial charge in [-0.05, 0) is 39.2 Å². The molecule has 32 heavy (non-hydrogen) atoms. The van der Waals surface area contributed by atoms with Gasteiger partial charge in [0.15, 0.2) is 17.0 Å². The molecule has 1 aliphatic rings. The molecule has 0 aliphatic heterocycles. The molecule has 2 aromatic heterocycles. The van der Waals surface area contributed by atoms with E-state index in [0.29, 0.717) is 53.4 Å². The Labute approximate surface area is 193 Å². The molecule has 0 saturated heterocycles. The van der Waals surface area contributed by atoms with Gasteiger partial charge in [-0.2, -0.15) is 9.97 Å². The van der Waals surface area contributed by atoms with Crippen LogP contribution in [-0.2, 0) is 6.54 Å². The zero-order valence-corrected chi connectivity index (χ0v) is 19.4. The highest BCUT2D eigenvalue weighted by molar-refractivity contribution is 6.32. The number of hydrogen-bond acceptors (Lipinski definition) is 7. The molecule has 0 amide bonds. The Morgan fingerprint density at radius 2 is 1.94 bits per heavy atom. The average molecular weight is 459 g/mol. The fourth-order valence-electron chi connectivity index (χ4n) is 4.11. The second-order valence-corrected chi connectivity index (χ2v) is 9.51. The normalized spacial score (nSPS) is 15.2. The van der Waals surface area contributed by atoms with Crippen LogP contribution in [0.3, 0.4) is 0 Å².